The molecule has 2 N–H and O–H groups in total. The van der Waals surface area contributed by atoms with Gasteiger partial charge in [-0.25, -0.2) is 0 Å². The molecular formula is C15H28N2O2. The van der Waals surface area contributed by atoms with Crippen molar-refractivity contribution in [3.05, 3.63) is 0 Å². The number of nitrogens with one attached hydrogen (secondary N) is 2. The molecule has 4 nitrogen and oxygen atoms in total. The van der Waals surface area contributed by atoms with Crippen LogP contribution in [0.3, 0.4) is 0 Å². The Morgan fingerprint density at radius 2 is 1.68 bits per heavy atom. The summed E-state index contributed by atoms with van der Waals surface area (Å²) in [7, 11) is 0. The molecule has 0 aromatic heterocycles. The Labute approximate surface area is 116 Å². The first-order valence-corrected chi connectivity index (χ1v) is 7.72. The third-order valence-corrected chi connectivity index (χ3v) is 3.67. The van der Waals surface area contributed by atoms with E-state index in [1.807, 2.05) is 0 Å². The van der Waals surface area contributed by atoms with Gasteiger partial charge in [0, 0.05) is 25.9 Å². The Kier molecular flexibility index (Phi) is 8.26. The number of rotatable bonds is 7. The predicted octanol–water partition coefficient (Wildman–Crippen LogP) is 2.52. The van der Waals surface area contributed by atoms with Crippen molar-refractivity contribution in [3.63, 3.8) is 0 Å². The fraction of sp³-hybridized carbons (Fsp3) is 0.867. The SMILES string of the molecule is CC(=O)NCCCCCC(=O)NC1CCCCCC1. The molecule has 1 fully saturated rings. The number of carbonyl (C=O) groups is 2. The highest BCUT2D eigenvalue weighted by Gasteiger charge is 2.14. The molecule has 0 aliphatic heterocycles. The lowest BCUT2D eigenvalue weighted by Gasteiger charge is -2.16. The molecule has 110 valence electrons. The molecule has 0 saturated heterocycles. The maximum Gasteiger partial charge on any atom is 0.220 e. The van der Waals surface area contributed by atoms with Gasteiger partial charge in [-0.05, 0) is 25.7 Å². The van der Waals surface area contributed by atoms with Gasteiger partial charge in [0.05, 0.1) is 0 Å². The summed E-state index contributed by atoms with van der Waals surface area (Å²) in [5.74, 6) is 0.220. The zero-order valence-corrected chi connectivity index (χ0v) is 12.2. The fourth-order valence-corrected chi connectivity index (χ4v) is 2.58. The van der Waals surface area contributed by atoms with E-state index in [1.165, 1.54) is 32.6 Å². The van der Waals surface area contributed by atoms with Crippen molar-refractivity contribution in [1.29, 1.82) is 0 Å². The minimum atomic E-state index is 0.0195. The Morgan fingerprint density at radius 3 is 2.32 bits per heavy atom. The maximum absolute atomic E-state index is 11.8. The van der Waals surface area contributed by atoms with Crippen molar-refractivity contribution in [3.8, 4) is 0 Å². The van der Waals surface area contributed by atoms with E-state index >= 15 is 0 Å². The average molecular weight is 268 g/mol. The minimum absolute atomic E-state index is 0.0195. The monoisotopic (exact) mass is 268 g/mol. The summed E-state index contributed by atoms with van der Waals surface area (Å²) in [6, 6.07) is 0.411. The van der Waals surface area contributed by atoms with Gasteiger partial charge < -0.3 is 10.6 Å². The summed E-state index contributed by atoms with van der Waals surface area (Å²) in [5.41, 5.74) is 0. The number of unbranched alkanes of at least 4 members (excludes halogenated alkanes) is 2. The third-order valence-electron chi connectivity index (χ3n) is 3.67. The van der Waals surface area contributed by atoms with Gasteiger partial charge >= 0.3 is 0 Å². The van der Waals surface area contributed by atoms with Crippen molar-refractivity contribution >= 4 is 11.8 Å². The van der Waals surface area contributed by atoms with Crippen LogP contribution in [0.1, 0.15) is 71.1 Å². The van der Waals surface area contributed by atoms with Crippen molar-refractivity contribution in [2.24, 2.45) is 0 Å². The van der Waals surface area contributed by atoms with Crippen LogP contribution in [0.2, 0.25) is 0 Å². The molecule has 0 aromatic rings. The molecule has 4 heteroatoms. The summed E-state index contributed by atoms with van der Waals surface area (Å²) in [6.45, 7) is 2.25. The molecule has 19 heavy (non-hydrogen) atoms. The summed E-state index contributed by atoms with van der Waals surface area (Å²) in [6.07, 6.45) is 10.9. The fourth-order valence-electron chi connectivity index (χ4n) is 2.58. The van der Waals surface area contributed by atoms with Crippen LogP contribution in [-0.4, -0.2) is 24.4 Å². The molecule has 0 spiro atoms. The van der Waals surface area contributed by atoms with Crippen LogP contribution in [0.5, 0.6) is 0 Å². The zero-order valence-electron chi connectivity index (χ0n) is 12.2. The summed E-state index contributed by atoms with van der Waals surface area (Å²) in [5, 5.41) is 5.93. The molecule has 0 bridgehead atoms. The lowest BCUT2D eigenvalue weighted by molar-refractivity contribution is -0.122. The van der Waals surface area contributed by atoms with Gasteiger partial charge in [-0.1, -0.05) is 32.1 Å². The summed E-state index contributed by atoms with van der Waals surface area (Å²) in [4.78, 5) is 22.4. The highest BCUT2D eigenvalue weighted by molar-refractivity contribution is 5.76. The molecule has 0 aromatic carbocycles. The molecule has 0 heterocycles. The van der Waals surface area contributed by atoms with Gasteiger partial charge in [0.2, 0.25) is 11.8 Å². The second-order valence-corrected chi connectivity index (χ2v) is 5.55. The molecule has 1 aliphatic carbocycles. The van der Waals surface area contributed by atoms with Gasteiger partial charge in [0.15, 0.2) is 0 Å². The number of amides is 2. The van der Waals surface area contributed by atoms with E-state index in [1.54, 1.807) is 0 Å². The number of carbonyl (C=O) groups excluding carboxylic acids is 2. The first-order chi connectivity index (χ1) is 9.18. The Morgan fingerprint density at radius 1 is 1.00 bits per heavy atom. The maximum atomic E-state index is 11.8. The largest absolute Gasteiger partial charge is 0.356 e. The van der Waals surface area contributed by atoms with Crippen LogP contribution in [0, 0.1) is 0 Å². The van der Waals surface area contributed by atoms with Gasteiger partial charge in [-0.2, -0.15) is 0 Å². The van der Waals surface area contributed by atoms with Crippen LogP contribution >= 0.6 is 0 Å². The van der Waals surface area contributed by atoms with Crippen molar-refractivity contribution < 1.29 is 9.59 Å². The lowest BCUT2D eigenvalue weighted by Crippen LogP contribution is -2.34. The number of hydrogen-bond donors (Lipinski definition) is 2. The van der Waals surface area contributed by atoms with Gasteiger partial charge in [-0.3, -0.25) is 9.59 Å². The summed E-state index contributed by atoms with van der Waals surface area (Å²) >= 11 is 0. The molecule has 1 rings (SSSR count). The third kappa shape index (κ3) is 8.62. The average Bonchev–Trinajstić information content (AvgIpc) is 2.62. The van der Waals surface area contributed by atoms with E-state index in [-0.39, 0.29) is 11.8 Å². The van der Waals surface area contributed by atoms with Crippen molar-refractivity contribution in [2.45, 2.75) is 77.2 Å². The standard InChI is InChI=1S/C15H28N2O2/c1-13(18)16-12-8-4-7-11-15(19)17-14-9-5-2-3-6-10-14/h14H,2-12H2,1H3,(H,16,18)(H,17,19). The van der Waals surface area contributed by atoms with Gasteiger partial charge in [0.25, 0.3) is 0 Å². The van der Waals surface area contributed by atoms with E-state index in [4.69, 9.17) is 0 Å². The molecule has 1 saturated carbocycles. The smallest absolute Gasteiger partial charge is 0.220 e. The topological polar surface area (TPSA) is 58.2 Å². The van der Waals surface area contributed by atoms with Gasteiger partial charge in [-0.15, -0.1) is 0 Å². The van der Waals surface area contributed by atoms with E-state index in [9.17, 15) is 9.59 Å². The second kappa shape index (κ2) is 9.82. The Bertz CT molecular complexity index is 271. The van der Waals surface area contributed by atoms with Crippen LogP contribution in [0.4, 0.5) is 0 Å². The highest BCUT2D eigenvalue weighted by atomic mass is 16.2. The zero-order chi connectivity index (χ0) is 13.9. The molecule has 1 aliphatic rings. The van der Waals surface area contributed by atoms with Crippen LogP contribution in [-0.2, 0) is 9.59 Å². The Hall–Kier alpha value is -1.06. The quantitative estimate of drug-likeness (QED) is 0.550. The molecular weight excluding hydrogens is 240 g/mol. The molecule has 0 radical (unpaired) electrons. The van der Waals surface area contributed by atoms with E-state index < -0.39 is 0 Å². The van der Waals surface area contributed by atoms with Gasteiger partial charge in [0.1, 0.15) is 0 Å². The first kappa shape index (κ1) is 16.0. The van der Waals surface area contributed by atoms with Crippen molar-refractivity contribution in [2.75, 3.05) is 6.54 Å². The van der Waals surface area contributed by atoms with Crippen LogP contribution in [0.15, 0.2) is 0 Å². The van der Waals surface area contributed by atoms with E-state index in [2.05, 4.69) is 10.6 Å². The first-order valence-electron chi connectivity index (χ1n) is 7.72. The normalized spacial score (nSPS) is 16.7. The molecule has 2 amide bonds. The minimum Gasteiger partial charge on any atom is -0.356 e. The van der Waals surface area contributed by atoms with Crippen LogP contribution < -0.4 is 10.6 Å². The predicted molar refractivity (Wildman–Crippen MR) is 76.8 cm³/mol. The van der Waals surface area contributed by atoms with E-state index in [0.717, 1.165) is 38.6 Å². The number of hydrogen-bond acceptors (Lipinski definition) is 2. The Balaban J connectivity index is 1.99. The summed E-state index contributed by atoms with van der Waals surface area (Å²) < 4.78 is 0. The van der Waals surface area contributed by atoms with Crippen molar-refractivity contribution in [1.82, 2.24) is 10.6 Å². The molecule has 0 unspecified atom stereocenters. The van der Waals surface area contributed by atoms with E-state index in [0.29, 0.717) is 12.5 Å². The highest BCUT2D eigenvalue weighted by Crippen LogP contribution is 2.17. The van der Waals surface area contributed by atoms with Crippen LogP contribution in [0.25, 0.3) is 0 Å². The lowest BCUT2D eigenvalue weighted by atomic mass is 10.1. The second-order valence-electron chi connectivity index (χ2n) is 5.55. The molecule has 0 atom stereocenters.